The number of ether oxygens (including phenoxy) is 2. The topological polar surface area (TPSA) is 149 Å². The molecule has 14 nitrogen and oxygen atoms in total. The molecule has 0 radical (unpaired) electrons. The molecule has 2 aromatic heterocycles. The highest BCUT2D eigenvalue weighted by molar-refractivity contribution is 6.05. The molecule has 2 saturated carbocycles. The van der Waals surface area contributed by atoms with E-state index in [1.54, 1.807) is 18.5 Å². The van der Waals surface area contributed by atoms with Crippen LogP contribution in [-0.2, 0) is 20.9 Å². The first-order valence-electron chi connectivity index (χ1n) is 21.9. The van der Waals surface area contributed by atoms with Gasteiger partial charge in [-0.2, -0.15) is 5.10 Å². The van der Waals surface area contributed by atoms with Crippen molar-refractivity contribution in [2.24, 2.45) is 5.92 Å². The van der Waals surface area contributed by atoms with Gasteiger partial charge in [-0.15, -0.1) is 0 Å². The number of nitrogens with zero attached hydrogens (tertiary/aromatic N) is 7. The molecule has 6 aliphatic rings. The molecule has 0 bridgehead atoms. The van der Waals surface area contributed by atoms with Crippen LogP contribution in [0.3, 0.4) is 0 Å². The summed E-state index contributed by atoms with van der Waals surface area (Å²) in [6.07, 6.45) is 10.7. The van der Waals surface area contributed by atoms with E-state index in [0.29, 0.717) is 41.9 Å². The van der Waals surface area contributed by atoms with Gasteiger partial charge in [-0.1, -0.05) is 0 Å². The van der Waals surface area contributed by atoms with Crippen LogP contribution in [0.1, 0.15) is 94.0 Å². The summed E-state index contributed by atoms with van der Waals surface area (Å²) in [5.74, 6) is 0.844. The van der Waals surface area contributed by atoms with Crippen LogP contribution in [0.4, 0.5) is 15.9 Å². The number of piperazine rings is 1. The molecule has 3 saturated heterocycles. The number of piperidine rings is 2. The smallest absolute Gasteiger partial charge is 0.255 e. The number of imide groups is 1. The van der Waals surface area contributed by atoms with Gasteiger partial charge in [-0.05, 0) is 108 Å². The van der Waals surface area contributed by atoms with Crippen molar-refractivity contribution in [1.82, 2.24) is 35.3 Å². The third-order valence-corrected chi connectivity index (χ3v) is 13.9. The summed E-state index contributed by atoms with van der Waals surface area (Å²) in [5, 5.41) is 11.1. The van der Waals surface area contributed by atoms with Crippen LogP contribution in [0.2, 0.25) is 0 Å². The lowest BCUT2D eigenvalue weighted by atomic mass is 9.86. The SMILES string of the molecule is C[C@H]1CN(c2cc(-c3n[nH]c4ccc(OC5(C)CC5)cc34)ncn2)CCN1C[C@H]1CC[C@H](OC2CCN(c3ccc4c(c3F)CN(C3CCC(=O)NC3=O)C4=O)CC2)CC1. The standard InChI is InChI=1S/C45H54FN9O5/c1-27-23-54(39-22-36(47-26-48-39)42-33-21-31(60-45(2)15-16-45)7-9-35(33)50-51-42)20-19-53(27)24-28-3-5-29(6-4-28)59-30-13-17-52(18-14-30)37-10-8-32-34(41(37)46)25-55(44(32)58)38-11-12-40(56)49-43(38)57/h7-10,21-22,26-30,38H,3-6,11-20,23-25H2,1-2H3,(H,50,51)(H,49,56,57)/t27-,28-,29-,38?/m0/s1. The Morgan fingerprint density at radius 1 is 0.900 bits per heavy atom. The molecule has 2 N–H and O–H groups in total. The minimum Gasteiger partial charge on any atom is -0.488 e. The fourth-order valence-corrected chi connectivity index (χ4v) is 10.1. The molecule has 4 aliphatic heterocycles. The molecule has 0 spiro atoms. The summed E-state index contributed by atoms with van der Waals surface area (Å²) in [6.45, 7) is 9.75. The number of halogens is 1. The Hall–Kier alpha value is -5.15. The molecule has 15 heteroatoms. The van der Waals surface area contributed by atoms with Gasteiger partial charge in [0.25, 0.3) is 5.91 Å². The lowest BCUT2D eigenvalue weighted by molar-refractivity contribution is -0.136. The summed E-state index contributed by atoms with van der Waals surface area (Å²) in [4.78, 5) is 55.0. The lowest BCUT2D eigenvalue weighted by Crippen LogP contribution is -2.53. The number of H-pyrrole nitrogens is 1. The number of carbonyl (C=O) groups is 3. The second-order valence-corrected chi connectivity index (χ2v) is 18.2. The number of aromatic amines is 1. The van der Waals surface area contributed by atoms with Crippen LogP contribution in [-0.4, -0.2) is 117 Å². The van der Waals surface area contributed by atoms with E-state index in [1.165, 1.54) is 4.90 Å². The van der Waals surface area contributed by atoms with Crippen molar-refractivity contribution in [2.75, 3.05) is 49.1 Å². The predicted molar refractivity (Wildman–Crippen MR) is 223 cm³/mol. The molecule has 1 unspecified atom stereocenters. The van der Waals surface area contributed by atoms with Crippen LogP contribution in [0.15, 0.2) is 42.7 Å². The number of nitrogens with one attached hydrogen (secondary N) is 2. The second kappa shape index (κ2) is 15.7. The van der Waals surface area contributed by atoms with E-state index in [-0.39, 0.29) is 49.0 Å². The van der Waals surface area contributed by atoms with Gasteiger partial charge in [-0.3, -0.25) is 29.7 Å². The molecule has 2 aliphatic carbocycles. The first-order chi connectivity index (χ1) is 29.1. The van der Waals surface area contributed by atoms with E-state index in [2.05, 4.69) is 66.2 Å². The predicted octanol–water partition coefficient (Wildman–Crippen LogP) is 5.61. The molecule has 4 aromatic rings. The van der Waals surface area contributed by atoms with E-state index in [4.69, 9.17) is 9.47 Å². The first kappa shape index (κ1) is 39.0. The van der Waals surface area contributed by atoms with Crippen molar-refractivity contribution < 1.29 is 28.2 Å². The number of hydrogen-bond donors (Lipinski definition) is 2. The van der Waals surface area contributed by atoms with E-state index >= 15 is 4.39 Å². The number of aromatic nitrogens is 4. The number of rotatable bonds is 10. The Labute approximate surface area is 349 Å². The fraction of sp³-hybridized carbons (Fsp3) is 0.556. The van der Waals surface area contributed by atoms with Crippen molar-refractivity contribution in [3.05, 3.63) is 59.7 Å². The summed E-state index contributed by atoms with van der Waals surface area (Å²) in [5.41, 5.74) is 3.63. The lowest BCUT2D eigenvalue weighted by Gasteiger charge is -2.43. The molecule has 316 valence electrons. The molecule has 6 heterocycles. The molecular weight excluding hydrogens is 766 g/mol. The molecular formula is C45H54FN9O5. The maximum absolute atomic E-state index is 16.0. The number of hydrogen-bond acceptors (Lipinski definition) is 11. The van der Waals surface area contributed by atoms with Crippen molar-refractivity contribution in [3.8, 4) is 17.1 Å². The van der Waals surface area contributed by atoms with E-state index in [0.717, 1.165) is 111 Å². The number of amides is 3. The quantitative estimate of drug-likeness (QED) is 0.193. The normalized spacial score (nSPS) is 26.1. The van der Waals surface area contributed by atoms with E-state index in [1.807, 2.05) is 12.1 Å². The van der Waals surface area contributed by atoms with Gasteiger partial charge in [0, 0.05) is 74.3 Å². The van der Waals surface area contributed by atoms with Gasteiger partial charge in [0.05, 0.1) is 35.7 Å². The Morgan fingerprint density at radius 2 is 1.70 bits per heavy atom. The van der Waals surface area contributed by atoms with Crippen molar-refractivity contribution in [2.45, 2.75) is 114 Å². The van der Waals surface area contributed by atoms with Crippen LogP contribution in [0.5, 0.6) is 5.75 Å². The van der Waals surface area contributed by atoms with Crippen molar-refractivity contribution >= 4 is 40.1 Å². The average molecular weight is 820 g/mol. The first-order valence-corrected chi connectivity index (χ1v) is 21.9. The molecule has 2 aromatic carbocycles. The summed E-state index contributed by atoms with van der Waals surface area (Å²) in [7, 11) is 0. The maximum Gasteiger partial charge on any atom is 0.255 e. The minimum atomic E-state index is -0.764. The molecule has 10 rings (SSSR count). The Bertz CT molecular complexity index is 2300. The fourth-order valence-electron chi connectivity index (χ4n) is 10.1. The van der Waals surface area contributed by atoms with Crippen molar-refractivity contribution in [3.63, 3.8) is 0 Å². The third kappa shape index (κ3) is 7.70. The van der Waals surface area contributed by atoms with Crippen LogP contribution in [0.25, 0.3) is 22.3 Å². The number of carbonyl (C=O) groups excluding carboxylic acids is 3. The largest absolute Gasteiger partial charge is 0.488 e. The van der Waals surface area contributed by atoms with Crippen molar-refractivity contribution in [1.29, 1.82) is 0 Å². The van der Waals surface area contributed by atoms with Gasteiger partial charge < -0.3 is 24.2 Å². The number of benzene rings is 2. The second-order valence-electron chi connectivity index (χ2n) is 18.2. The molecule has 60 heavy (non-hydrogen) atoms. The van der Waals surface area contributed by atoms with Gasteiger partial charge in [-0.25, -0.2) is 14.4 Å². The number of anilines is 2. The Balaban J connectivity index is 0.679. The van der Waals surface area contributed by atoms with Gasteiger partial charge in [0.15, 0.2) is 5.82 Å². The van der Waals surface area contributed by atoms with Crippen LogP contribution >= 0.6 is 0 Å². The highest BCUT2D eigenvalue weighted by Gasteiger charge is 2.42. The van der Waals surface area contributed by atoms with Crippen LogP contribution in [0, 0.1) is 11.7 Å². The maximum atomic E-state index is 16.0. The number of fused-ring (bicyclic) bond motifs is 2. The van der Waals surface area contributed by atoms with Crippen LogP contribution < -0.4 is 19.9 Å². The van der Waals surface area contributed by atoms with E-state index < -0.39 is 17.8 Å². The monoisotopic (exact) mass is 819 g/mol. The highest BCUT2D eigenvalue weighted by atomic mass is 19.1. The zero-order valence-corrected chi connectivity index (χ0v) is 34.5. The van der Waals surface area contributed by atoms with Gasteiger partial charge in [0.2, 0.25) is 11.8 Å². The van der Waals surface area contributed by atoms with E-state index in [9.17, 15) is 14.4 Å². The molecule has 5 fully saturated rings. The zero-order chi connectivity index (χ0) is 41.1. The minimum absolute atomic E-state index is 0.0315. The highest BCUT2D eigenvalue weighted by Crippen LogP contribution is 2.41. The van der Waals surface area contributed by atoms with Gasteiger partial charge >= 0.3 is 0 Å². The molecule has 2 atom stereocenters. The molecule has 3 amide bonds. The summed E-state index contributed by atoms with van der Waals surface area (Å²) >= 11 is 0. The Morgan fingerprint density at radius 3 is 2.47 bits per heavy atom. The third-order valence-electron chi connectivity index (χ3n) is 13.9. The average Bonchev–Trinajstić information content (AvgIpc) is 3.66. The zero-order valence-electron chi connectivity index (χ0n) is 34.5. The summed E-state index contributed by atoms with van der Waals surface area (Å²) < 4.78 is 28.9. The Kier molecular flexibility index (Phi) is 10.2. The van der Waals surface area contributed by atoms with Gasteiger partial charge in [0.1, 0.15) is 35.2 Å². The summed E-state index contributed by atoms with van der Waals surface area (Å²) in [6, 6.07) is 11.2.